The van der Waals surface area contributed by atoms with Gasteiger partial charge >= 0.3 is 5.69 Å². The van der Waals surface area contributed by atoms with E-state index in [0.717, 1.165) is 10.0 Å². The van der Waals surface area contributed by atoms with Crippen LogP contribution in [0, 0.1) is 6.92 Å². The van der Waals surface area contributed by atoms with Crippen LogP contribution in [-0.2, 0) is 4.74 Å². The summed E-state index contributed by atoms with van der Waals surface area (Å²) < 4.78 is 7.78. The summed E-state index contributed by atoms with van der Waals surface area (Å²) in [5.74, 6) is 0. The highest BCUT2D eigenvalue weighted by Crippen LogP contribution is 2.30. The number of hydrogen-bond acceptors (Lipinski definition) is 3. The van der Waals surface area contributed by atoms with Gasteiger partial charge in [0.2, 0.25) is 0 Å². The first-order valence-corrected chi connectivity index (χ1v) is 8.16. The number of H-pyrrole nitrogens is 1. The van der Waals surface area contributed by atoms with Gasteiger partial charge in [0.1, 0.15) is 0 Å². The van der Waals surface area contributed by atoms with Gasteiger partial charge in [-0.15, -0.1) is 0 Å². The zero-order valence-corrected chi connectivity index (χ0v) is 14.5. The number of rotatable bonds is 1. The normalized spacial score (nSPS) is 21.2. The highest BCUT2D eigenvalue weighted by Gasteiger charge is 2.31. The van der Waals surface area contributed by atoms with Crippen molar-refractivity contribution in [2.24, 2.45) is 0 Å². The number of nitrogens with zero attached hydrogens (tertiary/aromatic N) is 1. The lowest BCUT2D eigenvalue weighted by molar-refractivity contribution is -0.0700. The van der Waals surface area contributed by atoms with Crippen LogP contribution >= 0.6 is 15.9 Å². The second-order valence-electron chi connectivity index (χ2n) is 6.53. The van der Waals surface area contributed by atoms with Gasteiger partial charge in [-0.05, 0) is 67.2 Å². The summed E-state index contributed by atoms with van der Waals surface area (Å²) >= 11 is 3.42. The zero-order chi connectivity index (χ0) is 16.1. The van der Waals surface area contributed by atoms with E-state index in [4.69, 9.17) is 4.74 Å². The molecule has 1 unspecified atom stereocenters. The lowest BCUT2D eigenvalue weighted by Gasteiger charge is -2.35. The van der Waals surface area contributed by atoms with E-state index in [2.05, 4.69) is 20.9 Å². The molecule has 118 valence electrons. The summed E-state index contributed by atoms with van der Waals surface area (Å²) in [4.78, 5) is 28.1. The fraction of sp³-hybridized carbons (Fsp3) is 0.500. The molecule has 0 spiro atoms. The quantitative estimate of drug-likeness (QED) is 0.843. The van der Waals surface area contributed by atoms with Gasteiger partial charge in [0.25, 0.3) is 5.56 Å². The molecule has 3 rings (SSSR count). The number of aryl methyl sites for hydroxylation is 1. The number of benzene rings is 1. The average molecular weight is 367 g/mol. The predicted octanol–water partition coefficient (Wildman–Crippen LogP) is 2.89. The van der Waals surface area contributed by atoms with Crippen molar-refractivity contribution in [2.75, 3.05) is 6.61 Å². The monoisotopic (exact) mass is 366 g/mol. The summed E-state index contributed by atoms with van der Waals surface area (Å²) in [5, 5.41) is 0.538. The van der Waals surface area contributed by atoms with Crippen LogP contribution in [0.2, 0.25) is 0 Å². The smallest absolute Gasteiger partial charge is 0.329 e. The molecule has 0 amide bonds. The fourth-order valence-corrected chi connectivity index (χ4v) is 3.85. The van der Waals surface area contributed by atoms with Crippen LogP contribution < -0.4 is 11.2 Å². The van der Waals surface area contributed by atoms with Crippen molar-refractivity contribution in [1.82, 2.24) is 9.55 Å². The van der Waals surface area contributed by atoms with Crippen LogP contribution in [0.1, 0.15) is 38.3 Å². The molecule has 5 nitrogen and oxygen atoms in total. The van der Waals surface area contributed by atoms with E-state index in [-0.39, 0.29) is 22.9 Å². The van der Waals surface area contributed by atoms with E-state index in [1.165, 1.54) is 4.57 Å². The molecule has 0 bridgehead atoms. The van der Waals surface area contributed by atoms with E-state index in [9.17, 15) is 9.59 Å². The molecule has 1 N–H and O–H groups in total. The van der Waals surface area contributed by atoms with Crippen molar-refractivity contribution in [3.05, 3.63) is 43.0 Å². The SMILES string of the molecule is Cc1cc(Br)c2[nH]c(=O)n(C3CCOC(C)(C)C3)c(=O)c2c1. The van der Waals surface area contributed by atoms with Gasteiger partial charge in [0.05, 0.1) is 16.5 Å². The molecule has 1 saturated heterocycles. The first kappa shape index (κ1) is 15.5. The molecule has 6 heteroatoms. The third-order valence-corrected chi connectivity index (χ3v) is 4.80. The van der Waals surface area contributed by atoms with Crippen molar-refractivity contribution >= 4 is 26.8 Å². The zero-order valence-electron chi connectivity index (χ0n) is 12.9. The summed E-state index contributed by atoms with van der Waals surface area (Å²) in [6.45, 7) is 6.45. The highest BCUT2D eigenvalue weighted by atomic mass is 79.9. The van der Waals surface area contributed by atoms with Gasteiger partial charge in [-0.2, -0.15) is 0 Å². The molecule has 1 aromatic heterocycles. The van der Waals surface area contributed by atoms with Crippen LogP contribution in [0.15, 0.2) is 26.2 Å². The van der Waals surface area contributed by atoms with E-state index in [1.54, 1.807) is 0 Å². The molecule has 1 fully saturated rings. The van der Waals surface area contributed by atoms with Gasteiger partial charge in [-0.25, -0.2) is 4.79 Å². The predicted molar refractivity (Wildman–Crippen MR) is 89.6 cm³/mol. The first-order chi connectivity index (χ1) is 10.3. The Hall–Kier alpha value is -1.40. The third kappa shape index (κ3) is 2.65. The number of hydrogen-bond donors (Lipinski definition) is 1. The van der Waals surface area contributed by atoms with E-state index in [1.807, 2.05) is 32.9 Å². The largest absolute Gasteiger partial charge is 0.375 e. The van der Waals surface area contributed by atoms with Gasteiger partial charge in [0, 0.05) is 17.1 Å². The molecular formula is C16H19BrN2O3. The lowest BCUT2D eigenvalue weighted by Crippen LogP contribution is -2.44. The van der Waals surface area contributed by atoms with Gasteiger partial charge in [-0.3, -0.25) is 9.36 Å². The maximum Gasteiger partial charge on any atom is 0.329 e. The van der Waals surface area contributed by atoms with Crippen molar-refractivity contribution in [3.63, 3.8) is 0 Å². The van der Waals surface area contributed by atoms with Gasteiger partial charge in [-0.1, -0.05) is 0 Å². The Morgan fingerprint density at radius 3 is 2.77 bits per heavy atom. The molecule has 1 atom stereocenters. The number of halogens is 1. The molecule has 0 aliphatic carbocycles. The third-order valence-electron chi connectivity index (χ3n) is 4.17. The van der Waals surface area contributed by atoms with Crippen LogP contribution in [0.3, 0.4) is 0 Å². The number of ether oxygens (including phenoxy) is 1. The molecule has 0 radical (unpaired) electrons. The maximum absolute atomic E-state index is 12.8. The molecule has 1 aliphatic heterocycles. The number of fused-ring (bicyclic) bond motifs is 1. The van der Waals surface area contributed by atoms with E-state index >= 15 is 0 Å². The van der Waals surface area contributed by atoms with Crippen LogP contribution in [0.5, 0.6) is 0 Å². The van der Waals surface area contributed by atoms with Crippen LogP contribution in [-0.4, -0.2) is 21.8 Å². The Balaban J connectivity index is 2.23. The minimum Gasteiger partial charge on any atom is -0.375 e. The summed E-state index contributed by atoms with van der Waals surface area (Å²) in [6, 6.07) is 3.57. The Kier molecular flexibility index (Phi) is 3.77. The molecule has 1 aliphatic rings. The molecule has 2 aromatic rings. The Morgan fingerprint density at radius 2 is 2.09 bits per heavy atom. The summed E-state index contributed by atoms with van der Waals surface area (Å²) in [6.07, 6.45) is 1.32. The topological polar surface area (TPSA) is 64.1 Å². The van der Waals surface area contributed by atoms with Crippen molar-refractivity contribution in [3.8, 4) is 0 Å². The summed E-state index contributed by atoms with van der Waals surface area (Å²) in [7, 11) is 0. The Morgan fingerprint density at radius 1 is 1.36 bits per heavy atom. The number of nitrogens with one attached hydrogen (secondary N) is 1. The minimum absolute atomic E-state index is 0.135. The number of aromatic nitrogens is 2. The fourth-order valence-electron chi connectivity index (χ4n) is 3.18. The Labute approximate surface area is 136 Å². The highest BCUT2D eigenvalue weighted by molar-refractivity contribution is 9.10. The second kappa shape index (κ2) is 5.35. The van der Waals surface area contributed by atoms with Gasteiger partial charge < -0.3 is 9.72 Å². The van der Waals surface area contributed by atoms with E-state index in [0.29, 0.717) is 30.4 Å². The molecule has 2 heterocycles. The van der Waals surface area contributed by atoms with Crippen molar-refractivity contribution in [1.29, 1.82) is 0 Å². The minimum atomic E-state index is -0.357. The molecule has 1 aromatic carbocycles. The molecule has 0 saturated carbocycles. The van der Waals surface area contributed by atoms with Gasteiger partial charge in [0.15, 0.2) is 0 Å². The lowest BCUT2D eigenvalue weighted by atomic mass is 9.93. The summed E-state index contributed by atoms with van der Waals surface area (Å²) in [5.41, 5.74) is 0.623. The number of aromatic amines is 1. The first-order valence-electron chi connectivity index (χ1n) is 7.37. The second-order valence-corrected chi connectivity index (χ2v) is 7.38. The average Bonchev–Trinajstić information content (AvgIpc) is 2.39. The van der Waals surface area contributed by atoms with Crippen molar-refractivity contribution < 1.29 is 4.74 Å². The molecule has 22 heavy (non-hydrogen) atoms. The van der Waals surface area contributed by atoms with Crippen LogP contribution in [0.25, 0.3) is 10.9 Å². The van der Waals surface area contributed by atoms with Crippen LogP contribution in [0.4, 0.5) is 0 Å². The van der Waals surface area contributed by atoms with Crippen molar-refractivity contribution in [2.45, 2.75) is 45.3 Å². The Bertz CT molecular complexity index is 851. The maximum atomic E-state index is 12.8. The van der Waals surface area contributed by atoms with E-state index < -0.39 is 0 Å². The standard InChI is InChI=1S/C16H19BrN2O3/c1-9-6-11-13(12(17)7-9)18-15(21)19(14(11)20)10-4-5-22-16(2,3)8-10/h6-7,10H,4-5,8H2,1-3H3,(H,18,21). The molecular weight excluding hydrogens is 348 g/mol.